The molecule has 0 bridgehead atoms. The van der Waals surface area contributed by atoms with E-state index in [1.807, 2.05) is 56.4 Å². The third-order valence-electron chi connectivity index (χ3n) is 6.89. The van der Waals surface area contributed by atoms with E-state index in [0.29, 0.717) is 12.8 Å². The van der Waals surface area contributed by atoms with Crippen molar-refractivity contribution in [3.63, 3.8) is 0 Å². The second-order valence-electron chi connectivity index (χ2n) is 9.93. The second kappa shape index (κ2) is 7.60. The van der Waals surface area contributed by atoms with Crippen LogP contribution in [0.25, 0.3) is 39.1 Å². The molecule has 0 spiro atoms. The quantitative estimate of drug-likeness (QED) is 0.402. The van der Waals surface area contributed by atoms with Crippen LogP contribution in [0.2, 0.25) is 0 Å². The maximum absolute atomic E-state index is 10.2. The number of fused-ring (bicyclic) bond motifs is 3. The third kappa shape index (κ3) is 3.64. The summed E-state index contributed by atoms with van der Waals surface area (Å²) < 4.78 is 7.27. The van der Waals surface area contributed by atoms with E-state index in [1.54, 1.807) is 11.6 Å². The zero-order valence-corrected chi connectivity index (χ0v) is 20.0. The van der Waals surface area contributed by atoms with E-state index in [9.17, 15) is 5.11 Å². The molecule has 3 N–H and O–H groups in total. The van der Waals surface area contributed by atoms with Crippen LogP contribution < -0.4 is 10.5 Å². The number of ether oxygens (including phenoxy) is 1. The molecule has 2 aromatic carbocycles. The van der Waals surface area contributed by atoms with Crippen LogP contribution in [0, 0.1) is 6.92 Å². The molecular formula is C28H27N5O2. The first-order chi connectivity index (χ1) is 16.7. The number of methoxy groups -OCH3 is 1. The van der Waals surface area contributed by atoms with Gasteiger partial charge in [-0.25, -0.2) is 9.97 Å². The van der Waals surface area contributed by atoms with E-state index in [-0.39, 0.29) is 0 Å². The number of aliphatic hydroxyl groups is 1. The molecule has 0 amide bonds. The van der Waals surface area contributed by atoms with E-state index in [1.165, 1.54) is 0 Å². The number of benzene rings is 2. The number of aryl methyl sites for hydroxylation is 1. The van der Waals surface area contributed by atoms with E-state index < -0.39 is 11.1 Å². The van der Waals surface area contributed by atoms with Crippen LogP contribution in [0.3, 0.4) is 0 Å². The fourth-order valence-electron chi connectivity index (χ4n) is 5.36. The summed E-state index contributed by atoms with van der Waals surface area (Å²) in [5.74, 6) is 0.780. The molecule has 3 aromatic heterocycles. The number of rotatable bonds is 4. The van der Waals surface area contributed by atoms with E-state index in [2.05, 4.69) is 34.3 Å². The van der Waals surface area contributed by atoms with Gasteiger partial charge in [0.05, 0.1) is 24.1 Å². The molecule has 0 radical (unpaired) electrons. The zero-order valence-electron chi connectivity index (χ0n) is 20.0. The molecule has 1 aliphatic carbocycles. The predicted octanol–water partition coefficient (Wildman–Crippen LogP) is 4.63. The number of hydrogen-bond donors (Lipinski definition) is 2. The van der Waals surface area contributed by atoms with Gasteiger partial charge in [-0.2, -0.15) is 9.61 Å². The van der Waals surface area contributed by atoms with Crippen LogP contribution in [-0.2, 0) is 5.54 Å². The molecule has 5 aromatic rings. The fourth-order valence-corrected chi connectivity index (χ4v) is 5.36. The van der Waals surface area contributed by atoms with E-state index in [0.717, 1.165) is 56.1 Å². The molecule has 0 aliphatic heterocycles. The first-order valence-corrected chi connectivity index (χ1v) is 11.7. The van der Waals surface area contributed by atoms with Crippen molar-refractivity contribution >= 4 is 16.7 Å². The van der Waals surface area contributed by atoms with Gasteiger partial charge in [-0.1, -0.05) is 36.4 Å². The highest BCUT2D eigenvalue weighted by Gasteiger charge is 2.49. The third-order valence-corrected chi connectivity index (χ3v) is 6.89. The molecule has 1 saturated carbocycles. The molecule has 0 saturated heterocycles. The Labute approximate surface area is 203 Å². The Balaban J connectivity index is 1.54. The van der Waals surface area contributed by atoms with Crippen LogP contribution >= 0.6 is 0 Å². The topological polar surface area (TPSA) is 98.6 Å². The van der Waals surface area contributed by atoms with Crippen LogP contribution in [0.15, 0.2) is 66.9 Å². The van der Waals surface area contributed by atoms with E-state index in [4.69, 9.17) is 15.5 Å². The Kier molecular flexibility index (Phi) is 4.71. The Morgan fingerprint density at radius 3 is 2.51 bits per heavy atom. The first kappa shape index (κ1) is 21.7. The van der Waals surface area contributed by atoms with Crippen LogP contribution in [0.5, 0.6) is 5.75 Å². The maximum atomic E-state index is 10.2. The van der Waals surface area contributed by atoms with Gasteiger partial charge in [-0.3, -0.25) is 0 Å². The number of pyridine rings is 1. The molecular weight excluding hydrogens is 438 g/mol. The molecule has 35 heavy (non-hydrogen) atoms. The maximum Gasteiger partial charge on any atom is 0.165 e. The molecule has 1 aliphatic rings. The Morgan fingerprint density at radius 2 is 1.80 bits per heavy atom. The van der Waals surface area contributed by atoms with Crippen molar-refractivity contribution < 1.29 is 9.84 Å². The van der Waals surface area contributed by atoms with Crippen molar-refractivity contribution in [1.82, 2.24) is 19.6 Å². The van der Waals surface area contributed by atoms with Gasteiger partial charge in [-0.15, -0.1) is 0 Å². The van der Waals surface area contributed by atoms with Crippen LogP contribution in [-0.4, -0.2) is 37.4 Å². The van der Waals surface area contributed by atoms with Gasteiger partial charge >= 0.3 is 0 Å². The van der Waals surface area contributed by atoms with Gasteiger partial charge in [0.2, 0.25) is 0 Å². The van der Waals surface area contributed by atoms with Crippen molar-refractivity contribution in [3.8, 4) is 28.1 Å². The number of nitrogens with two attached hydrogens (primary N) is 1. The zero-order chi connectivity index (χ0) is 24.4. The minimum Gasteiger partial charge on any atom is -0.497 e. The summed E-state index contributed by atoms with van der Waals surface area (Å²) in [7, 11) is 1.67. The van der Waals surface area contributed by atoms with Gasteiger partial charge in [-0.05, 0) is 56.0 Å². The number of nitrogens with zero attached hydrogens (tertiary/aromatic N) is 4. The highest BCUT2D eigenvalue weighted by atomic mass is 16.5. The van der Waals surface area contributed by atoms with Crippen molar-refractivity contribution in [2.75, 3.05) is 7.11 Å². The standard InChI is InChI=1S/C28H27N5O2/c1-17-11-24-30-14-20-13-23(19-5-4-6-22(12-19)35-3)25(31-26(20)33(24)32-17)18-7-9-21(10-8-18)28(29)15-27(2,34)16-28/h4-14,34H,15-16,29H2,1-3H3/t27-,28+. The lowest BCUT2D eigenvalue weighted by atomic mass is 9.63. The molecule has 3 heterocycles. The lowest BCUT2D eigenvalue weighted by molar-refractivity contribution is -0.0738. The van der Waals surface area contributed by atoms with Gasteiger partial charge in [0.25, 0.3) is 0 Å². The summed E-state index contributed by atoms with van der Waals surface area (Å²) in [5.41, 5.74) is 12.6. The summed E-state index contributed by atoms with van der Waals surface area (Å²) in [5, 5.41) is 15.7. The smallest absolute Gasteiger partial charge is 0.165 e. The van der Waals surface area contributed by atoms with Gasteiger partial charge in [0, 0.05) is 34.3 Å². The average Bonchev–Trinajstić information content (AvgIpc) is 3.23. The number of hydrogen-bond acceptors (Lipinski definition) is 6. The molecule has 7 nitrogen and oxygen atoms in total. The second-order valence-corrected chi connectivity index (χ2v) is 9.93. The molecule has 176 valence electrons. The van der Waals surface area contributed by atoms with Gasteiger partial charge in [0.1, 0.15) is 5.75 Å². The predicted molar refractivity (Wildman–Crippen MR) is 136 cm³/mol. The molecule has 0 unspecified atom stereocenters. The van der Waals surface area contributed by atoms with Gasteiger partial charge < -0.3 is 15.6 Å². The average molecular weight is 466 g/mol. The fraction of sp³-hybridized carbons (Fsp3) is 0.250. The SMILES string of the molecule is COc1cccc(-c2cc3cnc4cc(C)nn4c3nc2-c2ccc([C@]3(N)C[C@@](C)(O)C3)cc2)c1. The first-order valence-electron chi connectivity index (χ1n) is 11.7. The summed E-state index contributed by atoms with van der Waals surface area (Å²) in [6.45, 7) is 3.78. The molecule has 1 fully saturated rings. The number of aromatic nitrogens is 4. The normalized spacial score (nSPS) is 21.9. The minimum atomic E-state index is -0.700. The lowest BCUT2D eigenvalue weighted by Crippen LogP contribution is -2.58. The van der Waals surface area contributed by atoms with Gasteiger partial charge in [0.15, 0.2) is 11.3 Å². The Bertz CT molecular complexity index is 1580. The lowest BCUT2D eigenvalue weighted by Gasteiger charge is -2.49. The highest BCUT2D eigenvalue weighted by Crippen LogP contribution is 2.46. The largest absolute Gasteiger partial charge is 0.497 e. The highest BCUT2D eigenvalue weighted by molar-refractivity contribution is 5.91. The van der Waals surface area contributed by atoms with Crippen LogP contribution in [0.4, 0.5) is 0 Å². The van der Waals surface area contributed by atoms with Crippen molar-refractivity contribution in [2.45, 2.75) is 37.8 Å². The van der Waals surface area contributed by atoms with Crippen LogP contribution in [0.1, 0.15) is 31.0 Å². The van der Waals surface area contributed by atoms with Crippen molar-refractivity contribution in [2.24, 2.45) is 5.73 Å². The summed E-state index contributed by atoms with van der Waals surface area (Å²) >= 11 is 0. The Morgan fingerprint density at radius 1 is 1.03 bits per heavy atom. The summed E-state index contributed by atoms with van der Waals surface area (Å²) in [6, 6.07) is 20.2. The molecule has 6 rings (SSSR count). The summed E-state index contributed by atoms with van der Waals surface area (Å²) in [4.78, 5) is 9.68. The Hall–Kier alpha value is -3.81. The van der Waals surface area contributed by atoms with E-state index >= 15 is 0 Å². The van der Waals surface area contributed by atoms with Crippen molar-refractivity contribution in [3.05, 3.63) is 78.1 Å². The minimum absolute atomic E-state index is 0.501. The monoisotopic (exact) mass is 465 g/mol. The van der Waals surface area contributed by atoms with Crippen molar-refractivity contribution in [1.29, 1.82) is 0 Å². The molecule has 0 atom stereocenters. The summed E-state index contributed by atoms with van der Waals surface area (Å²) in [6.07, 6.45) is 2.94. The molecule has 7 heteroatoms.